The zero-order valence-corrected chi connectivity index (χ0v) is 10.3. The summed E-state index contributed by atoms with van der Waals surface area (Å²) in [6.45, 7) is 8.91. The van der Waals surface area contributed by atoms with Gasteiger partial charge in [-0.25, -0.2) is 0 Å². The maximum atomic E-state index is 9.82. The molecule has 1 aliphatic rings. The first kappa shape index (κ1) is 12.0. The number of hydrogen-bond acceptors (Lipinski definition) is 1. The Bertz CT molecular complexity index is 166. The summed E-state index contributed by atoms with van der Waals surface area (Å²) < 4.78 is 0. The minimum atomic E-state index is -0.363. The molecule has 1 aliphatic carbocycles. The lowest BCUT2D eigenvalue weighted by atomic mass is 9.76. The van der Waals surface area contributed by atoms with Gasteiger partial charge in [0.2, 0.25) is 0 Å². The predicted octanol–water partition coefficient (Wildman–Crippen LogP) is 3.75. The van der Waals surface area contributed by atoms with E-state index in [1.54, 1.807) is 0 Å². The van der Waals surface area contributed by atoms with Crippen molar-refractivity contribution in [2.75, 3.05) is 0 Å². The van der Waals surface area contributed by atoms with Gasteiger partial charge < -0.3 is 5.11 Å². The van der Waals surface area contributed by atoms with Crippen molar-refractivity contribution in [3.05, 3.63) is 0 Å². The quantitative estimate of drug-likeness (QED) is 0.716. The molecule has 1 rings (SSSR count). The van der Waals surface area contributed by atoms with Crippen LogP contribution in [0.2, 0.25) is 0 Å². The Kier molecular flexibility index (Phi) is 3.63. The fourth-order valence-corrected chi connectivity index (χ4v) is 2.23. The van der Waals surface area contributed by atoms with E-state index in [0.29, 0.717) is 5.41 Å². The second-order valence-corrected chi connectivity index (χ2v) is 6.54. The van der Waals surface area contributed by atoms with E-state index in [4.69, 9.17) is 0 Å². The van der Waals surface area contributed by atoms with E-state index < -0.39 is 0 Å². The largest absolute Gasteiger partial charge is 0.390 e. The second kappa shape index (κ2) is 4.22. The first-order valence-electron chi connectivity index (χ1n) is 6.01. The standard InChI is InChI=1S/C13H26O/c1-12(2,3)8-5-11-6-9-13(4,14)10-7-11/h11,14H,5-10H2,1-4H3. The molecule has 0 radical (unpaired) electrons. The topological polar surface area (TPSA) is 20.2 Å². The van der Waals surface area contributed by atoms with Crippen LogP contribution in [-0.4, -0.2) is 10.7 Å². The van der Waals surface area contributed by atoms with Gasteiger partial charge in [0, 0.05) is 0 Å². The van der Waals surface area contributed by atoms with E-state index in [9.17, 15) is 5.11 Å². The highest BCUT2D eigenvalue weighted by Crippen LogP contribution is 2.36. The number of hydrogen-bond donors (Lipinski definition) is 1. The average molecular weight is 198 g/mol. The fourth-order valence-electron chi connectivity index (χ4n) is 2.23. The van der Waals surface area contributed by atoms with E-state index in [1.807, 2.05) is 6.92 Å². The maximum Gasteiger partial charge on any atom is 0.0620 e. The third-order valence-electron chi connectivity index (χ3n) is 3.48. The lowest BCUT2D eigenvalue weighted by Crippen LogP contribution is -2.30. The van der Waals surface area contributed by atoms with Crippen LogP contribution in [0.3, 0.4) is 0 Å². The van der Waals surface area contributed by atoms with E-state index in [-0.39, 0.29) is 5.60 Å². The molecule has 0 bridgehead atoms. The van der Waals surface area contributed by atoms with Crippen LogP contribution in [0.4, 0.5) is 0 Å². The Hall–Kier alpha value is -0.0400. The summed E-state index contributed by atoms with van der Waals surface area (Å²) in [6.07, 6.45) is 7.12. The summed E-state index contributed by atoms with van der Waals surface area (Å²) in [6, 6.07) is 0. The van der Waals surface area contributed by atoms with Gasteiger partial charge in [-0.2, -0.15) is 0 Å². The summed E-state index contributed by atoms with van der Waals surface area (Å²) in [4.78, 5) is 0. The van der Waals surface area contributed by atoms with Gasteiger partial charge in [0.25, 0.3) is 0 Å². The highest BCUT2D eigenvalue weighted by Gasteiger charge is 2.28. The van der Waals surface area contributed by atoms with Crippen LogP contribution < -0.4 is 0 Å². The SMILES string of the molecule is CC(C)(C)CCC1CCC(C)(O)CC1. The highest BCUT2D eigenvalue weighted by atomic mass is 16.3. The Balaban J connectivity index is 2.23. The molecule has 1 fully saturated rings. The van der Waals surface area contributed by atoms with Gasteiger partial charge in [0.1, 0.15) is 0 Å². The van der Waals surface area contributed by atoms with Gasteiger partial charge >= 0.3 is 0 Å². The molecule has 0 aromatic carbocycles. The van der Waals surface area contributed by atoms with Gasteiger partial charge in [0.15, 0.2) is 0 Å². The minimum Gasteiger partial charge on any atom is -0.390 e. The van der Waals surface area contributed by atoms with E-state index >= 15 is 0 Å². The van der Waals surface area contributed by atoms with Crippen LogP contribution in [0.1, 0.15) is 66.2 Å². The molecule has 0 unspecified atom stereocenters. The first-order valence-corrected chi connectivity index (χ1v) is 6.01. The molecule has 14 heavy (non-hydrogen) atoms. The molecule has 0 amide bonds. The summed E-state index contributed by atoms with van der Waals surface area (Å²) >= 11 is 0. The number of aliphatic hydroxyl groups is 1. The molecule has 0 saturated heterocycles. The monoisotopic (exact) mass is 198 g/mol. The van der Waals surface area contributed by atoms with Crippen LogP contribution in [0, 0.1) is 11.3 Å². The van der Waals surface area contributed by atoms with Crippen LogP contribution in [0.15, 0.2) is 0 Å². The predicted molar refractivity (Wildman–Crippen MR) is 61.3 cm³/mol. The molecular weight excluding hydrogens is 172 g/mol. The zero-order chi connectivity index (χ0) is 10.8. The summed E-state index contributed by atoms with van der Waals surface area (Å²) in [5, 5.41) is 9.82. The van der Waals surface area contributed by atoms with Crippen LogP contribution in [-0.2, 0) is 0 Å². The van der Waals surface area contributed by atoms with Gasteiger partial charge in [-0.15, -0.1) is 0 Å². The summed E-state index contributed by atoms with van der Waals surface area (Å²) in [5.74, 6) is 0.870. The van der Waals surface area contributed by atoms with Crippen molar-refractivity contribution in [1.82, 2.24) is 0 Å². The van der Waals surface area contributed by atoms with Crippen LogP contribution in [0.5, 0.6) is 0 Å². The third-order valence-corrected chi connectivity index (χ3v) is 3.48. The Morgan fingerprint density at radius 2 is 1.71 bits per heavy atom. The van der Waals surface area contributed by atoms with E-state index in [1.165, 1.54) is 25.7 Å². The van der Waals surface area contributed by atoms with Crippen molar-refractivity contribution >= 4 is 0 Å². The van der Waals surface area contributed by atoms with E-state index in [2.05, 4.69) is 20.8 Å². The van der Waals surface area contributed by atoms with Gasteiger partial charge in [-0.05, 0) is 56.8 Å². The van der Waals surface area contributed by atoms with Crippen molar-refractivity contribution in [3.8, 4) is 0 Å². The summed E-state index contributed by atoms with van der Waals surface area (Å²) in [7, 11) is 0. The molecule has 0 aromatic rings. The normalized spacial score (nSPS) is 34.5. The van der Waals surface area contributed by atoms with Gasteiger partial charge in [0.05, 0.1) is 5.60 Å². The summed E-state index contributed by atoms with van der Waals surface area (Å²) in [5.41, 5.74) is 0.109. The molecule has 0 aromatic heterocycles. The van der Waals surface area contributed by atoms with Crippen molar-refractivity contribution in [1.29, 1.82) is 0 Å². The lowest BCUT2D eigenvalue weighted by molar-refractivity contribution is 0.00568. The third kappa shape index (κ3) is 4.45. The zero-order valence-electron chi connectivity index (χ0n) is 10.3. The molecule has 1 saturated carbocycles. The molecular formula is C13H26O. The van der Waals surface area contributed by atoms with Crippen molar-refractivity contribution in [3.63, 3.8) is 0 Å². The molecule has 84 valence electrons. The second-order valence-electron chi connectivity index (χ2n) is 6.54. The molecule has 1 N–H and O–H groups in total. The molecule has 1 nitrogen and oxygen atoms in total. The Labute approximate surface area is 88.9 Å². The lowest BCUT2D eigenvalue weighted by Gasteiger charge is -2.34. The maximum absolute atomic E-state index is 9.82. The van der Waals surface area contributed by atoms with Crippen LogP contribution >= 0.6 is 0 Å². The molecule has 0 aliphatic heterocycles. The van der Waals surface area contributed by atoms with Crippen LogP contribution in [0.25, 0.3) is 0 Å². The minimum absolute atomic E-state index is 0.363. The molecule has 0 spiro atoms. The fraction of sp³-hybridized carbons (Fsp3) is 1.00. The van der Waals surface area contributed by atoms with Gasteiger partial charge in [-0.3, -0.25) is 0 Å². The highest BCUT2D eigenvalue weighted by molar-refractivity contribution is 4.81. The average Bonchev–Trinajstić information content (AvgIpc) is 2.01. The Morgan fingerprint density at radius 1 is 1.21 bits per heavy atom. The molecule has 1 heteroatoms. The smallest absolute Gasteiger partial charge is 0.0620 e. The van der Waals surface area contributed by atoms with E-state index in [0.717, 1.165) is 18.8 Å². The van der Waals surface area contributed by atoms with Crippen molar-refractivity contribution < 1.29 is 5.11 Å². The molecule has 0 atom stereocenters. The van der Waals surface area contributed by atoms with Gasteiger partial charge in [-0.1, -0.05) is 20.8 Å². The first-order chi connectivity index (χ1) is 6.29. The van der Waals surface area contributed by atoms with Crippen molar-refractivity contribution in [2.45, 2.75) is 71.8 Å². The number of rotatable bonds is 2. The molecule has 0 heterocycles. The Morgan fingerprint density at radius 3 is 2.14 bits per heavy atom. The van der Waals surface area contributed by atoms with Crippen molar-refractivity contribution in [2.24, 2.45) is 11.3 Å².